The van der Waals surface area contributed by atoms with Crippen LogP contribution < -0.4 is 5.73 Å². The minimum atomic E-state index is -0.143. The van der Waals surface area contributed by atoms with E-state index in [0.29, 0.717) is 17.1 Å². The van der Waals surface area contributed by atoms with Gasteiger partial charge in [0.05, 0.1) is 17.1 Å². The number of rotatable bonds is 5. The Kier molecular flexibility index (Phi) is 4.78. The van der Waals surface area contributed by atoms with Gasteiger partial charge >= 0.3 is 0 Å². The summed E-state index contributed by atoms with van der Waals surface area (Å²) < 4.78 is 0. The Morgan fingerprint density at radius 1 is 1.50 bits per heavy atom. The number of carbonyl (C=O) groups is 1. The lowest BCUT2D eigenvalue weighted by atomic mass is 10.2. The van der Waals surface area contributed by atoms with Gasteiger partial charge in [-0.3, -0.25) is 4.79 Å². The van der Waals surface area contributed by atoms with Crippen molar-refractivity contribution in [1.29, 1.82) is 0 Å². The molecule has 2 N–H and O–H groups in total. The number of thiocarbonyl (C=S) groups is 1. The summed E-state index contributed by atoms with van der Waals surface area (Å²) in [6.07, 6.45) is 5.20. The van der Waals surface area contributed by atoms with Crippen LogP contribution in [0.15, 0.2) is 18.7 Å². The van der Waals surface area contributed by atoms with Crippen LogP contribution in [0.2, 0.25) is 0 Å². The average molecular weight is 238 g/mol. The van der Waals surface area contributed by atoms with Gasteiger partial charge in [0, 0.05) is 18.9 Å². The lowest BCUT2D eigenvalue weighted by molar-refractivity contribution is 0.0779. The first-order chi connectivity index (χ1) is 7.65. The zero-order valence-electron chi connectivity index (χ0n) is 9.09. The monoisotopic (exact) mass is 238 g/mol. The van der Waals surface area contributed by atoms with Crippen LogP contribution in [0, 0.1) is 0 Å². The Labute approximate surface area is 99.7 Å². The summed E-state index contributed by atoms with van der Waals surface area (Å²) in [5, 5.41) is 0. The van der Waals surface area contributed by atoms with Crippen molar-refractivity contribution >= 4 is 23.1 Å². The van der Waals surface area contributed by atoms with E-state index >= 15 is 0 Å². The molecule has 16 heavy (non-hydrogen) atoms. The molecule has 6 heteroatoms. The summed E-state index contributed by atoms with van der Waals surface area (Å²) in [5.41, 5.74) is 5.90. The van der Waals surface area contributed by atoms with Gasteiger partial charge < -0.3 is 10.6 Å². The number of hydrogen-bond acceptors (Lipinski definition) is 4. The van der Waals surface area contributed by atoms with Crippen LogP contribution in [0.3, 0.4) is 0 Å². The van der Waals surface area contributed by atoms with Crippen LogP contribution >= 0.6 is 12.2 Å². The first-order valence-electron chi connectivity index (χ1n) is 4.97. The fourth-order valence-electron chi connectivity index (χ4n) is 1.30. The third-order valence-electron chi connectivity index (χ3n) is 1.93. The Hall–Kier alpha value is -1.56. The maximum absolute atomic E-state index is 12.0. The van der Waals surface area contributed by atoms with Gasteiger partial charge in [-0.15, -0.1) is 0 Å². The molecule has 0 aliphatic heterocycles. The largest absolute Gasteiger partial charge is 0.392 e. The summed E-state index contributed by atoms with van der Waals surface area (Å²) in [7, 11) is 0. The van der Waals surface area contributed by atoms with E-state index in [4.69, 9.17) is 18.0 Å². The zero-order valence-corrected chi connectivity index (χ0v) is 9.91. The minimum absolute atomic E-state index is 0.143. The Morgan fingerprint density at radius 3 is 2.62 bits per heavy atom. The molecule has 86 valence electrons. The predicted octanol–water partition coefficient (Wildman–Crippen LogP) is 0.615. The molecule has 0 spiro atoms. The van der Waals surface area contributed by atoms with Crippen LogP contribution in [0.5, 0.6) is 0 Å². The zero-order chi connectivity index (χ0) is 12.0. The second kappa shape index (κ2) is 6.12. The minimum Gasteiger partial charge on any atom is -0.392 e. The highest BCUT2D eigenvalue weighted by Crippen LogP contribution is 2.02. The molecule has 0 aliphatic rings. The van der Waals surface area contributed by atoms with Gasteiger partial charge in [0.25, 0.3) is 5.91 Å². The maximum atomic E-state index is 12.0. The predicted molar refractivity (Wildman–Crippen MR) is 65.0 cm³/mol. The lowest BCUT2D eigenvalue weighted by Gasteiger charge is -2.20. The van der Waals surface area contributed by atoms with Crippen molar-refractivity contribution in [3.63, 3.8) is 0 Å². The average Bonchev–Trinajstić information content (AvgIpc) is 2.28. The van der Waals surface area contributed by atoms with Crippen molar-refractivity contribution in [2.75, 3.05) is 13.1 Å². The van der Waals surface area contributed by atoms with Crippen molar-refractivity contribution in [3.8, 4) is 0 Å². The molecule has 0 aromatic carbocycles. The van der Waals surface area contributed by atoms with E-state index in [0.717, 1.165) is 6.42 Å². The molecule has 0 saturated carbocycles. The van der Waals surface area contributed by atoms with Gasteiger partial charge in [-0.2, -0.15) is 0 Å². The summed E-state index contributed by atoms with van der Waals surface area (Å²) >= 11 is 4.81. The third kappa shape index (κ3) is 3.54. The van der Waals surface area contributed by atoms with Crippen molar-refractivity contribution in [3.05, 3.63) is 24.3 Å². The fourth-order valence-corrected chi connectivity index (χ4v) is 1.46. The number of hydrogen-bond donors (Lipinski definition) is 1. The van der Waals surface area contributed by atoms with Gasteiger partial charge in [0.1, 0.15) is 6.33 Å². The molecule has 0 atom stereocenters. The highest BCUT2D eigenvalue weighted by Gasteiger charge is 2.15. The highest BCUT2D eigenvalue weighted by molar-refractivity contribution is 7.80. The first kappa shape index (κ1) is 12.5. The van der Waals surface area contributed by atoms with Gasteiger partial charge in [0.15, 0.2) is 0 Å². The van der Waals surface area contributed by atoms with E-state index in [1.807, 2.05) is 6.92 Å². The quantitative estimate of drug-likeness (QED) is 0.761. The normalized spacial score (nSPS) is 9.81. The van der Waals surface area contributed by atoms with E-state index < -0.39 is 0 Å². The van der Waals surface area contributed by atoms with E-state index in [2.05, 4.69) is 9.97 Å². The molecule has 1 aromatic rings. The molecule has 0 saturated heterocycles. The Morgan fingerprint density at radius 2 is 2.12 bits per heavy atom. The topological polar surface area (TPSA) is 72.1 Å². The summed E-state index contributed by atoms with van der Waals surface area (Å²) in [6.45, 7) is 2.89. The second-order valence-electron chi connectivity index (χ2n) is 3.32. The van der Waals surface area contributed by atoms with Gasteiger partial charge in [0.2, 0.25) is 0 Å². The van der Waals surface area contributed by atoms with E-state index in [9.17, 15) is 4.79 Å². The molecule has 0 fully saturated rings. The molecule has 1 rings (SSSR count). The summed E-state index contributed by atoms with van der Waals surface area (Å²) in [6, 6.07) is 0. The van der Waals surface area contributed by atoms with E-state index in [1.165, 1.54) is 18.7 Å². The number of aromatic nitrogens is 2. The standard InChI is InChI=1S/C10H14N4OS/c1-2-3-14(6-9(11)16)10(15)8-4-12-7-13-5-8/h4-5,7H,2-3,6H2,1H3,(H2,11,16). The van der Waals surface area contributed by atoms with Gasteiger partial charge in [-0.25, -0.2) is 9.97 Å². The Bertz CT molecular complexity index is 368. The fraction of sp³-hybridized carbons (Fsp3) is 0.400. The smallest absolute Gasteiger partial charge is 0.257 e. The number of amides is 1. The van der Waals surface area contributed by atoms with Crippen LogP contribution in [-0.4, -0.2) is 38.9 Å². The SMILES string of the molecule is CCCN(CC(N)=S)C(=O)c1cncnc1. The second-order valence-corrected chi connectivity index (χ2v) is 3.84. The molecule has 1 amide bonds. The van der Waals surface area contributed by atoms with Crippen LogP contribution in [0.1, 0.15) is 23.7 Å². The third-order valence-corrected chi connectivity index (χ3v) is 2.06. The maximum Gasteiger partial charge on any atom is 0.257 e. The van der Waals surface area contributed by atoms with Crippen LogP contribution in [0.25, 0.3) is 0 Å². The van der Waals surface area contributed by atoms with Gasteiger partial charge in [-0.05, 0) is 6.42 Å². The molecule has 0 aliphatic carbocycles. The van der Waals surface area contributed by atoms with E-state index in [-0.39, 0.29) is 12.5 Å². The molecule has 1 heterocycles. The van der Waals surface area contributed by atoms with Crippen molar-refractivity contribution in [2.24, 2.45) is 5.73 Å². The van der Waals surface area contributed by atoms with Crippen molar-refractivity contribution in [2.45, 2.75) is 13.3 Å². The van der Waals surface area contributed by atoms with Crippen molar-refractivity contribution < 1.29 is 4.79 Å². The molecule has 0 bridgehead atoms. The lowest BCUT2D eigenvalue weighted by Crippen LogP contribution is -2.38. The van der Waals surface area contributed by atoms with E-state index in [1.54, 1.807) is 4.90 Å². The Balaban J connectivity index is 2.78. The number of carbonyl (C=O) groups excluding carboxylic acids is 1. The molecular formula is C10H14N4OS. The molecule has 5 nitrogen and oxygen atoms in total. The molecule has 0 radical (unpaired) electrons. The molecular weight excluding hydrogens is 224 g/mol. The number of nitrogens with two attached hydrogens (primary N) is 1. The molecule has 1 aromatic heterocycles. The highest BCUT2D eigenvalue weighted by atomic mass is 32.1. The molecule has 0 unspecified atom stereocenters. The van der Waals surface area contributed by atoms with Crippen molar-refractivity contribution in [1.82, 2.24) is 14.9 Å². The van der Waals surface area contributed by atoms with Gasteiger partial charge in [-0.1, -0.05) is 19.1 Å². The van der Waals surface area contributed by atoms with Crippen LogP contribution in [-0.2, 0) is 0 Å². The summed E-state index contributed by atoms with van der Waals surface area (Å²) in [4.78, 5) is 21.5. The number of nitrogens with zero attached hydrogens (tertiary/aromatic N) is 3. The van der Waals surface area contributed by atoms with Crippen LogP contribution in [0.4, 0.5) is 0 Å². The first-order valence-corrected chi connectivity index (χ1v) is 5.38. The summed E-state index contributed by atoms with van der Waals surface area (Å²) in [5.74, 6) is -0.143.